The zero-order chi connectivity index (χ0) is 13.5. The third-order valence-corrected chi connectivity index (χ3v) is 3.16. The molecule has 0 aromatic carbocycles. The molecule has 0 aliphatic rings. The van der Waals surface area contributed by atoms with Gasteiger partial charge < -0.3 is 15.4 Å². The molecule has 0 bridgehead atoms. The Bertz CT molecular complexity index is 262. The van der Waals surface area contributed by atoms with E-state index >= 15 is 0 Å². The van der Waals surface area contributed by atoms with Crippen LogP contribution in [-0.4, -0.2) is 37.1 Å². The highest BCUT2D eigenvalue weighted by Crippen LogP contribution is 2.13. The molecular weight excluding hydrogens is 220 g/mol. The van der Waals surface area contributed by atoms with Crippen LogP contribution in [0.5, 0.6) is 0 Å². The fraction of sp³-hybridized carbons (Fsp3) is 0.833. The van der Waals surface area contributed by atoms with E-state index in [1.54, 1.807) is 0 Å². The van der Waals surface area contributed by atoms with E-state index in [4.69, 9.17) is 0 Å². The predicted molar refractivity (Wildman–Crippen MR) is 66.6 cm³/mol. The molecule has 0 aromatic heterocycles. The average Bonchev–Trinajstić information content (AvgIpc) is 2.32. The van der Waals surface area contributed by atoms with Crippen molar-refractivity contribution >= 4 is 11.9 Å². The first kappa shape index (κ1) is 15.9. The molecule has 0 saturated carbocycles. The molecule has 1 atom stereocenters. The van der Waals surface area contributed by atoms with Crippen molar-refractivity contribution < 1.29 is 14.3 Å². The van der Waals surface area contributed by atoms with Gasteiger partial charge in [-0.05, 0) is 19.8 Å². The second-order valence-electron chi connectivity index (χ2n) is 4.42. The Balaban J connectivity index is 4.44. The Morgan fingerprint density at radius 1 is 1.29 bits per heavy atom. The lowest BCUT2D eigenvalue weighted by Gasteiger charge is -2.30. The Kier molecular flexibility index (Phi) is 6.80. The van der Waals surface area contributed by atoms with E-state index in [0.717, 1.165) is 12.8 Å². The van der Waals surface area contributed by atoms with E-state index in [9.17, 15) is 9.59 Å². The van der Waals surface area contributed by atoms with Crippen LogP contribution in [0.3, 0.4) is 0 Å². The summed E-state index contributed by atoms with van der Waals surface area (Å²) in [5, 5.41) is 5.88. The maximum atomic E-state index is 11.5. The van der Waals surface area contributed by atoms with E-state index in [2.05, 4.69) is 36.1 Å². The smallest absolute Gasteiger partial charge is 0.329 e. The van der Waals surface area contributed by atoms with Crippen molar-refractivity contribution in [1.29, 1.82) is 0 Å². The number of hydrogen-bond acceptors (Lipinski definition) is 4. The molecule has 0 saturated heterocycles. The number of carbonyl (C=O) groups is 2. The summed E-state index contributed by atoms with van der Waals surface area (Å²) in [5.74, 6) is -0.667. The summed E-state index contributed by atoms with van der Waals surface area (Å²) < 4.78 is 4.65. The standard InChI is InChI=1S/C12H24N2O3/c1-6-12(4,7-2)13-8-10(11(16)17-5)14-9(3)15/h10,13H,6-8H2,1-5H3,(H,14,15). The lowest BCUT2D eigenvalue weighted by Crippen LogP contribution is -2.52. The minimum Gasteiger partial charge on any atom is -0.467 e. The van der Waals surface area contributed by atoms with Gasteiger partial charge in [0.25, 0.3) is 0 Å². The topological polar surface area (TPSA) is 67.4 Å². The molecule has 1 amide bonds. The van der Waals surface area contributed by atoms with Gasteiger partial charge >= 0.3 is 5.97 Å². The van der Waals surface area contributed by atoms with Crippen LogP contribution in [0.2, 0.25) is 0 Å². The Morgan fingerprint density at radius 2 is 1.82 bits per heavy atom. The van der Waals surface area contributed by atoms with Gasteiger partial charge in [-0.25, -0.2) is 4.79 Å². The van der Waals surface area contributed by atoms with Crippen molar-refractivity contribution in [3.63, 3.8) is 0 Å². The van der Waals surface area contributed by atoms with Gasteiger partial charge in [-0.3, -0.25) is 4.79 Å². The largest absolute Gasteiger partial charge is 0.467 e. The van der Waals surface area contributed by atoms with E-state index < -0.39 is 12.0 Å². The quantitative estimate of drug-likeness (QED) is 0.651. The zero-order valence-corrected chi connectivity index (χ0v) is 11.4. The molecule has 2 N–H and O–H groups in total. The van der Waals surface area contributed by atoms with Crippen molar-refractivity contribution in [3.05, 3.63) is 0 Å². The number of ether oxygens (including phenoxy) is 1. The van der Waals surface area contributed by atoms with Crippen LogP contribution in [0.15, 0.2) is 0 Å². The van der Waals surface area contributed by atoms with Gasteiger partial charge in [0, 0.05) is 19.0 Å². The Hall–Kier alpha value is -1.10. The van der Waals surface area contributed by atoms with Crippen molar-refractivity contribution in [3.8, 4) is 0 Å². The van der Waals surface area contributed by atoms with Gasteiger partial charge in [0.05, 0.1) is 7.11 Å². The first-order chi connectivity index (χ1) is 7.88. The van der Waals surface area contributed by atoms with Gasteiger partial charge in [0.2, 0.25) is 5.91 Å². The normalized spacial score (nSPS) is 13.0. The summed E-state index contributed by atoms with van der Waals surface area (Å²) in [7, 11) is 1.32. The van der Waals surface area contributed by atoms with Crippen LogP contribution in [-0.2, 0) is 14.3 Å². The number of esters is 1. The third-order valence-electron chi connectivity index (χ3n) is 3.16. The molecule has 0 radical (unpaired) electrons. The Labute approximate surface area is 103 Å². The maximum Gasteiger partial charge on any atom is 0.329 e. The molecule has 0 heterocycles. The molecule has 17 heavy (non-hydrogen) atoms. The molecule has 0 aliphatic carbocycles. The molecule has 0 aliphatic heterocycles. The van der Waals surface area contributed by atoms with Gasteiger partial charge in [-0.1, -0.05) is 13.8 Å². The summed E-state index contributed by atoms with van der Waals surface area (Å²) in [6.07, 6.45) is 1.91. The van der Waals surface area contributed by atoms with Crippen LogP contribution in [0.25, 0.3) is 0 Å². The SMILES string of the molecule is CCC(C)(CC)NCC(NC(C)=O)C(=O)OC. The van der Waals surface area contributed by atoms with Gasteiger partial charge in [0.1, 0.15) is 6.04 Å². The summed E-state index contributed by atoms with van der Waals surface area (Å²) in [5.41, 5.74) is -0.0231. The van der Waals surface area contributed by atoms with E-state index in [1.165, 1.54) is 14.0 Å². The summed E-state index contributed by atoms with van der Waals surface area (Å²) in [4.78, 5) is 22.5. The highest BCUT2D eigenvalue weighted by atomic mass is 16.5. The van der Waals surface area contributed by atoms with Crippen molar-refractivity contribution in [2.45, 2.75) is 52.1 Å². The van der Waals surface area contributed by atoms with Crippen LogP contribution in [0.4, 0.5) is 0 Å². The third kappa shape index (κ3) is 5.68. The van der Waals surface area contributed by atoms with Gasteiger partial charge in [-0.2, -0.15) is 0 Å². The van der Waals surface area contributed by atoms with Crippen molar-refractivity contribution in [1.82, 2.24) is 10.6 Å². The summed E-state index contributed by atoms with van der Waals surface area (Å²) in [6.45, 7) is 8.03. The second kappa shape index (κ2) is 7.27. The molecule has 5 heteroatoms. The number of carbonyl (C=O) groups excluding carboxylic acids is 2. The molecule has 5 nitrogen and oxygen atoms in total. The molecule has 0 rings (SSSR count). The van der Waals surface area contributed by atoms with Gasteiger partial charge in [0.15, 0.2) is 0 Å². The maximum absolute atomic E-state index is 11.5. The van der Waals surface area contributed by atoms with E-state index in [1.807, 2.05) is 0 Å². The number of amides is 1. The van der Waals surface area contributed by atoms with E-state index in [-0.39, 0.29) is 11.4 Å². The number of rotatable bonds is 7. The minimum atomic E-state index is -0.630. The minimum absolute atomic E-state index is 0.0231. The average molecular weight is 244 g/mol. The molecule has 0 spiro atoms. The molecule has 100 valence electrons. The monoisotopic (exact) mass is 244 g/mol. The summed E-state index contributed by atoms with van der Waals surface area (Å²) in [6, 6.07) is -0.630. The molecular formula is C12H24N2O3. The van der Waals surface area contributed by atoms with Crippen molar-refractivity contribution in [2.75, 3.05) is 13.7 Å². The number of methoxy groups -OCH3 is 1. The highest BCUT2D eigenvalue weighted by Gasteiger charge is 2.25. The fourth-order valence-electron chi connectivity index (χ4n) is 1.43. The highest BCUT2D eigenvalue weighted by molar-refractivity contribution is 5.83. The molecule has 0 aromatic rings. The second-order valence-corrected chi connectivity index (χ2v) is 4.42. The molecule has 0 fully saturated rings. The van der Waals surface area contributed by atoms with Gasteiger partial charge in [-0.15, -0.1) is 0 Å². The Morgan fingerprint density at radius 3 is 2.18 bits per heavy atom. The molecule has 1 unspecified atom stereocenters. The zero-order valence-electron chi connectivity index (χ0n) is 11.4. The van der Waals surface area contributed by atoms with Crippen molar-refractivity contribution in [2.24, 2.45) is 0 Å². The summed E-state index contributed by atoms with van der Waals surface area (Å²) >= 11 is 0. The number of nitrogens with one attached hydrogen (secondary N) is 2. The van der Waals surface area contributed by atoms with Crippen LogP contribution < -0.4 is 10.6 Å². The first-order valence-electron chi connectivity index (χ1n) is 5.98. The van der Waals surface area contributed by atoms with Crippen LogP contribution >= 0.6 is 0 Å². The van der Waals surface area contributed by atoms with Crippen LogP contribution in [0, 0.1) is 0 Å². The number of hydrogen-bond donors (Lipinski definition) is 2. The lowest BCUT2D eigenvalue weighted by molar-refractivity contribution is -0.144. The first-order valence-corrected chi connectivity index (χ1v) is 5.98. The van der Waals surface area contributed by atoms with Crippen LogP contribution in [0.1, 0.15) is 40.5 Å². The lowest BCUT2D eigenvalue weighted by atomic mass is 9.95. The fourth-order valence-corrected chi connectivity index (χ4v) is 1.43. The van der Waals surface area contributed by atoms with E-state index in [0.29, 0.717) is 6.54 Å². The predicted octanol–water partition coefficient (Wildman–Crippen LogP) is 0.832.